The van der Waals surface area contributed by atoms with Crippen molar-refractivity contribution >= 4 is 55.7 Å². The van der Waals surface area contributed by atoms with Gasteiger partial charge in [0.15, 0.2) is 0 Å². The summed E-state index contributed by atoms with van der Waals surface area (Å²) in [5.41, 5.74) is -0.591. The van der Waals surface area contributed by atoms with E-state index in [4.69, 9.17) is 4.74 Å². The van der Waals surface area contributed by atoms with Gasteiger partial charge in [0.05, 0.1) is 10.7 Å². The van der Waals surface area contributed by atoms with Gasteiger partial charge in [-0.15, -0.1) is 0 Å². The van der Waals surface area contributed by atoms with Crippen molar-refractivity contribution in [2.75, 3.05) is 30.3 Å². The summed E-state index contributed by atoms with van der Waals surface area (Å²) in [6.07, 6.45) is 1.22. The van der Waals surface area contributed by atoms with E-state index in [0.717, 1.165) is 0 Å². The van der Waals surface area contributed by atoms with Gasteiger partial charge in [-0.1, -0.05) is 31.9 Å². The molecule has 0 aliphatic rings. The number of halogens is 2. The van der Waals surface area contributed by atoms with Crippen LogP contribution in [0.5, 0.6) is 0 Å². The van der Waals surface area contributed by atoms with Gasteiger partial charge in [-0.3, -0.25) is 14.4 Å². The van der Waals surface area contributed by atoms with Gasteiger partial charge in [0.2, 0.25) is 17.7 Å². The van der Waals surface area contributed by atoms with Crippen LogP contribution < -0.4 is 21.3 Å². The molecule has 162 valence electrons. The Morgan fingerprint density at radius 3 is 2.04 bits per heavy atom. The van der Waals surface area contributed by atoms with Crippen molar-refractivity contribution in [1.82, 2.24) is 21.3 Å². The number of nitrogens with one attached hydrogen (secondary N) is 4. The minimum atomic E-state index is -0.682. The smallest absolute Gasteiger partial charge is 0.407 e. The second-order valence-corrected chi connectivity index (χ2v) is 8.07. The topological polar surface area (TPSA) is 126 Å². The van der Waals surface area contributed by atoms with Crippen LogP contribution in [-0.4, -0.2) is 65.8 Å². The van der Waals surface area contributed by atoms with E-state index in [1.54, 1.807) is 20.8 Å². The first-order valence-electron chi connectivity index (χ1n) is 9.01. The SMILES string of the molecule is CC(C)(C)OC(=O)NCCNC(=O)[C@H](CCCCNC(=O)CBr)NC(=O)CBr. The fourth-order valence-electron chi connectivity index (χ4n) is 2.04. The molecule has 0 bridgehead atoms. The number of carbonyl (C=O) groups excluding carboxylic acids is 4. The van der Waals surface area contributed by atoms with Crippen molar-refractivity contribution in [3.05, 3.63) is 0 Å². The summed E-state index contributed by atoms with van der Waals surface area (Å²) < 4.78 is 5.10. The minimum Gasteiger partial charge on any atom is -0.444 e. The van der Waals surface area contributed by atoms with Gasteiger partial charge in [0.25, 0.3) is 0 Å². The molecule has 0 rings (SSSR count). The number of hydrogen-bond acceptors (Lipinski definition) is 5. The highest BCUT2D eigenvalue weighted by Gasteiger charge is 2.20. The Morgan fingerprint density at radius 2 is 1.46 bits per heavy atom. The van der Waals surface area contributed by atoms with E-state index < -0.39 is 17.7 Å². The first kappa shape index (κ1) is 26.6. The van der Waals surface area contributed by atoms with Crippen molar-refractivity contribution in [2.24, 2.45) is 0 Å². The molecule has 1 atom stereocenters. The molecule has 4 N–H and O–H groups in total. The van der Waals surface area contributed by atoms with E-state index in [0.29, 0.717) is 25.8 Å². The minimum absolute atomic E-state index is 0.0955. The maximum atomic E-state index is 12.3. The lowest BCUT2D eigenvalue weighted by Crippen LogP contribution is -2.48. The van der Waals surface area contributed by atoms with E-state index in [-0.39, 0.29) is 41.5 Å². The molecule has 11 heteroatoms. The number of hydrogen-bond donors (Lipinski definition) is 4. The Labute approximate surface area is 182 Å². The molecule has 0 saturated heterocycles. The number of amides is 4. The second kappa shape index (κ2) is 14.6. The molecule has 0 unspecified atom stereocenters. The number of ether oxygens (including phenoxy) is 1. The molecule has 0 aromatic heterocycles. The number of carbonyl (C=O) groups is 4. The molecule has 9 nitrogen and oxygen atoms in total. The molecule has 0 aromatic rings. The lowest BCUT2D eigenvalue weighted by atomic mass is 10.1. The van der Waals surface area contributed by atoms with Crippen LogP contribution in [0.2, 0.25) is 0 Å². The van der Waals surface area contributed by atoms with Gasteiger partial charge in [-0.2, -0.15) is 0 Å². The average Bonchev–Trinajstić information content (AvgIpc) is 2.61. The van der Waals surface area contributed by atoms with Crippen LogP contribution in [0.25, 0.3) is 0 Å². The Hall–Kier alpha value is -1.36. The summed E-state index contributed by atoms with van der Waals surface area (Å²) in [5.74, 6) is -0.719. The third-order valence-corrected chi connectivity index (χ3v) is 4.25. The Kier molecular flexibility index (Phi) is 13.9. The van der Waals surface area contributed by atoms with Gasteiger partial charge in [0, 0.05) is 19.6 Å². The highest BCUT2D eigenvalue weighted by molar-refractivity contribution is 9.09. The molecule has 0 aliphatic heterocycles. The Bertz CT molecular complexity index is 526. The first-order chi connectivity index (χ1) is 13.1. The number of alkyl carbamates (subject to hydrolysis) is 1. The lowest BCUT2D eigenvalue weighted by molar-refractivity contribution is -0.128. The third kappa shape index (κ3) is 14.7. The van der Waals surface area contributed by atoms with Crippen LogP contribution in [0.3, 0.4) is 0 Å². The van der Waals surface area contributed by atoms with Gasteiger partial charge in [-0.25, -0.2) is 4.79 Å². The summed E-state index contributed by atoms with van der Waals surface area (Å²) in [4.78, 5) is 46.6. The lowest BCUT2D eigenvalue weighted by Gasteiger charge is -2.20. The zero-order valence-electron chi connectivity index (χ0n) is 16.5. The molecule has 0 heterocycles. The molecule has 0 saturated carbocycles. The molecule has 0 radical (unpaired) electrons. The third-order valence-electron chi connectivity index (χ3n) is 3.23. The standard InChI is InChI=1S/C17H30Br2N4O5/c1-17(2,3)28-16(27)22-9-8-21-15(26)12(23-14(25)11-19)6-4-5-7-20-13(24)10-18/h12H,4-11H2,1-3H3,(H,20,24)(H,21,26)(H,22,27)(H,23,25)/t12-/m0/s1. The van der Waals surface area contributed by atoms with Crippen molar-refractivity contribution in [3.8, 4) is 0 Å². The predicted octanol–water partition coefficient (Wildman–Crippen LogP) is 1.19. The van der Waals surface area contributed by atoms with Gasteiger partial charge in [0.1, 0.15) is 11.6 Å². The van der Waals surface area contributed by atoms with Crippen molar-refractivity contribution in [2.45, 2.75) is 51.7 Å². The van der Waals surface area contributed by atoms with Crippen LogP contribution in [-0.2, 0) is 19.1 Å². The maximum absolute atomic E-state index is 12.3. The largest absolute Gasteiger partial charge is 0.444 e. The molecule has 0 spiro atoms. The molecule has 0 fully saturated rings. The maximum Gasteiger partial charge on any atom is 0.407 e. The summed E-state index contributed by atoms with van der Waals surface area (Å²) >= 11 is 6.12. The van der Waals surface area contributed by atoms with Crippen LogP contribution in [0.1, 0.15) is 40.0 Å². The normalized spacial score (nSPS) is 11.9. The average molecular weight is 530 g/mol. The summed E-state index contributed by atoms with van der Waals surface area (Å²) in [6.45, 7) is 6.20. The fourth-order valence-corrected chi connectivity index (χ4v) is 2.40. The zero-order chi connectivity index (χ0) is 21.6. The highest BCUT2D eigenvalue weighted by Crippen LogP contribution is 2.06. The molecule has 28 heavy (non-hydrogen) atoms. The molecule has 0 aliphatic carbocycles. The molecular weight excluding hydrogens is 500 g/mol. The summed E-state index contributed by atoms with van der Waals surface area (Å²) in [7, 11) is 0. The van der Waals surface area contributed by atoms with E-state index in [2.05, 4.69) is 53.1 Å². The van der Waals surface area contributed by atoms with E-state index in [1.165, 1.54) is 0 Å². The van der Waals surface area contributed by atoms with E-state index >= 15 is 0 Å². The molecule has 4 amide bonds. The van der Waals surface area contributed by atoms with Crippen molar-refractivity contribution in [3.63, 3.8) is 0 Å². The fraction of sp³-hybridized carbons (Fsp3) is 0.765. The monoisotopic (exact) mass is 528 g/mol. The number of unbranched alkanes of at least 4 members (excludes halogenated alkanes) is 1. The molecule has 0 aromatic carbocycles. The van der Waals surface area contributed by atoms with Crippen LogP contribution in [0.4, 0.5) is 4.79 Å². The van der Waals surface area contributed by atoms with Crippen LogP contribution in [0.15, 0.2) is 0 Å². The molecular formula is C17H30Br2N4O5. The second-order valence-electron chi connectivity index (χ2n) is 6.95. The van der Waals surface area contributed by atoms with Gasteiger partial charge in [-0.05, 0) is 40.0 Å². The quantitative estimate of drug-likeness (QED) is 0.223. The van der Waals surface area contributed by atoms with Gasteiger partial charge >= 0.3 is 6.09 Å². The van der Waals surface area contributed by atoms with Crippen molar-refractivity contribution < 1.29 is 23.9 Å². The highest BCUT2D eigenvalue weighted by atomic mass is 79.9. The van der Waals surface area contributed by atoms with Crippen LogP contribution >= 0.6 is 31.9 Å². The number of alkyl halides is 2. The van der Waals surface area contributed by atoms with Gasteiger partial charge < -0.3 is 26.0 Å². The summed E-state index contributed by atoms with van der Waals surface area (Å²) in [5, 5.41) is 10.9. The Morgan fingerprint density at radius 1 is 0.857 bits per heavy atom. The first-order valence-corrected chi connectivity index (χ1v) is 11.3. The van der Waals surface area contributed by atoms with Crippen molar-refractivity contribution in [1.29, 1.82) is 0 Å². The summed E-state index contributed by atoms with van der Waals surface area (Å²) in [6, 6.07) is -0.682. The van der Waals surface area contributed by atoms with E-state index in [1.807, 2.05) is 0 Å². The zero-order valence-corrected chi connectivity index (χ0v) is 19.7. The van der Waals surface area contributed by atoms with E-state index in [9.17, 15) is 19.2 Å². The van der Waals surface area contributed by atoms with Crippen LogP contribution in [0, 0.1) is 0 Å². The predicted molar refractivity (Wildman–Crippen MR) is 114 cm³/mol. The number of rotatable bonds is 12. The Balaban J connectivity index is 4.28.